The number of fused-ring (bicyclic) bond motifs is 1. The van der Waals surface area contributed by atoms with Gasteiger partial charge in [-0.2, -0.15) is 0 Å². The van der Waals surface area contributed by atoms with E-state index in [-0.39, 0.29) is 0 Å². The third-order valence-corrected chi connectivity index (χ3v) is 1.97. The lowest BCUT2D eigenvalue weighted by Crippen LogP contribution is -1.72. The summed E-state index contributed by atoms with van der Waals surface area (Å²) < 4.78 is 4.96. The second-order valence-electron chi connectivity index (χ2n) is 2.62. The normalized spacial score (nSPS) is 15.7. The van der Waals surface area contributed by atoms with Crippen LogP contribution in [0.2, 0.25) is 0 Å². The smallest absolute Gasteiger partial charge is 0.0943 e. The molecule has 0 unspecified atom stereocenters. The predicted molar refractivity (Wildman–Crippen MR) is 35.5 cm³/mol. The Kier molecular flexibility index (Phi) is 0.922. The summed E-state index contributed by atoms with van der Waals surface area (Å²) in [6.07, 6.45) is 6.33. The minimum absolute atomic E-state index is 0.781. The Hall–Kier alpha value is -0.720. The van der Waals surface area contributed by atoms with Crippen molar-refractivity contribution in [2.45, 2.75) is 25.7 Å². The molecule has 0 spiro atoms. The van der Waals surface area contributed by atoms with Crippen molar-refractivity contribution in [2.75, 3.05) is 0 Å². The lowest BCUT2D eigenvalue weighted by molar-refractivity contribution is 0.547. The van der Waals surface area contributed by atoms with Crippen molar-refractivity contribution in [1.29, 1.82) is 0 Å². The van der Waals surface area contributed by atoms with Gasteiger partial charge in [-0.1, -0.05) is 13.3 Å². The van der Waals surface area contributed by atoms with Crippen LogP contribution in [-0.2, 0) is 0 Å². The van der Waals surface area contributed by atoms with E-state index >= 15 is 0 Å². The molecule has 9 heavy (non-hydrogen) atoms. The van der Waals surface area contributed by atoms with E-state index in [1.54, 1.807) is 0 Å². The van der Waals surface area contributed by atoms with E-state index in [4.69, 9.17) is 4.42 Å². The van der Waals surface area contributed by atoms with Crippen LogP contribution in [0.4, 0.5) is 0 Å². The van der Waals surface area contributed by atoms with E-state index in [2.05, 4.69) is 6.92 Å². The van der Waals surface area contributed by atoms with Crippen molar-refractivity contribution < 1.29 is 4.42 Å². The molecule has 0 bridgehead atoms. The van der Waals surface area contributed by atoms with Crippen molar-refractivity contribution in [3.8, 4) is 0 Å². The maximum Gasteiger partial charge on any atom is 0.0943 e. The summed E-state index contributed by atoms with van der Waals surface area (Å²) in [7, 11) is 0. The molecule has 0 atom stereocenters. The van der Waals surface area contributed by atoms with Gasteiger partial charge >= 0.3 is 0 Å². The van der Waals surface area contributed by atoms with Gasteiger partial charge in [-0.3, -0.25) is 0 Å². The molecule has 1 aromatic heterocycles. The molecule has 0 radical (unpaired) electrons. The average molecular weight is 122 g/mol. The topological polar surface area (TPSA) is 13.1 Å². The molecule has 1 aliphatic carbocycles. The molecule has 48 valence electrons. The maximum atomic E-state index is 4.96. The minimum atomic E-state index is 0.781. The van der Waals surface area contributed by atoms with E-state index in [9.17, 15) is 0 Å². The molecule has 1 nitrogen and oxygen atoms in total. The fourth-order valence-corrected chi connectivity index (χ4v) is 1.39. The lowest BCUT2D eigenvalue weighted by Gasteiger charge is -1.89. The second-order valence-corrected chi connectivity index (χ2v) is 2.62. The Morgan fingerprint density at radius 3 is 2.67 bits per heavy atom. The first-order chi connectivity index (χ1) is 4.43. The lowest BCUT2D eigenvalue weighted by atomic mass is 10.2. The van der Waals surface area contributed by atoms with Crippen LogP contribution in [0, 0.1) is 0 Å². The number of rotatable bonds is 2. The fraction of sp³-hybridized carbons (Fsp3) is 0.500. The van der Waals surface area contributed by atoms with E-state index in [0.717, 1.165) is 5.92 Å². The van der Waals surface area contributed by atoms with Crippen molar-refractivity contribution in [3.63, 3.8) is 0 Å². The Labute approximate surface area is 54.7 Å². The SMILES string of the molecule is CCCC1c2cocc21. The van der Waals surface area contributed by atoms with Crippen molar-refractivity contribution >= 4 is 0 Å². The Balaban J connectivity index is 2.06. The summed E-state index contributed by atoms with van der Waals surface area (Å²) in [5.41, 5.74) is 2.88. The predicted octanol–water partition coefficient (Wildman–Crippen LogP) is 2.53. The fourth-order valence-electron chi connectivity index (χ4n) is 1.39. The summed E-state index contributed by atoms with van der Waals surface area (Å²) in [5.74, 6) is 0.781. The van der Waals surface area contributed by atoms with Gasteiger partial charge in [-0.05, 0) is 6.42 Å². The molecular weight excluding hydrogens is 112 g/mol. The number of hydrogen-bond acceptors (Lipinski definition) is 1. The quantitative estimate of drug-likeness (QED) is 0.587. The third-order valence-electron chi connectivity index (χ3n) is 1.97. The molecule has 0 aliphatic heterocycles. The zero-order valence-electron chi connectivity index (χ0n) is 5.55. The van der Waals surface area contributed by atoms with Crippen LogP contribution in [0.1, 0.15) is 36.8 Å². The van der Waals surface area contributed by atoms with Gasteiger partial charge in [-0.15, -0.1) is 0 Å². The van der Waals surface area contributed by atoms with Crippen LogP contribution in [-0.4, -0.2) is 0 Å². The van der Waals surface area contributed by atoms with Crippen LogP contribution in [0.15, 0.2) is 16.9 Å². The molecule has 0 saturated heterocycles. The van der Waals surface area contributed by atoms with Gasteiger partial charge < -0.3 is 4.42 Å². The summed E-state index contributed by atoms with van der Waals surface area (Å²) in [6, 6.07) is 0. The summed E-state index contributed by atoms with van der Waals surface area (Å²) in [5, 5.41) is 0. The summed E-state index contributed by atoms with van der Waals surface area (Å²) in [4.78, 5) is 0. The van der Waals surface area contributed by atoms with Crippen molar-refractivity contribution in [2.24, 2.45) is 0 Å². The van der Waals surface area contributed by atoms with Crippen molar-refractivity contribution in [3.05, 3.63) is 23.7 Å². The Morgan fingerprint density at radius 2 is 2.11 bits per heavy atom. The van der Waals surface area contributed by atoms with Crippen molar-refractivity contribution in [1.82, 2.24) is 0 Å². The zero-order valence-corrected chi connectivity index (χ0v) is 5.55. The van der Waals surface area contributed by atoms with Crippen LogP contribution < -0.4 is 0 Å². The number of furan rings is 1. The van der Waals surface area contributed by atoms with Gasteiger partial charge in [0.25, 0.3) is 0 Å². The first kappa shape index (κ1) is 5.10. The van der Waals surface area contributed by atoms with Gasteiger partial charge in [-0.25, -0.2) is 0 Å². The molecule has 0 amide bonds. The van der Waals surface area contributed by atoms with Gasteiger partial charge in [0.05, 0.1) is 12.5 Å². The van der Waals surface area contributed by atoms with E-state index in [1.807, 2.05) is 12.5 Å². The highest BCUT2D eigenvalue weighted by Crippen LogP contribution is 2.46. The largest absolute Gasteiger partial charge is 0.472 e. The van der Waals surface area contributed by atoms with Gasteiger partial charge in [0.1, 0.15) is 0 Å². The number of hydrogen-bond donors (Lipinski definition) is 0. The van der Waals surface area contributed by atoms with E-state index in [1.165, 1.54) is 24.0 Å². The molecule has 1 heterocycles. The van der Waals surface area contributed by atoms with Gasteiger partial charge in [0.2, 0.25) is 0 Å². The van der Waals surface area contributed by atoms with Gasteiger partial charge in [0, 0.05) is 17.0 Å². The van der Waals surface area contributed by atoms with E-state index in [0.29, 0.717) is 0 Å². The standard InChI is InChI=1S/C8H10O/c1-2-3-6-7-4-9-5-8(6)7/h4-6H,2-3H2,1H3. The van der Waals surface area contributed by atoms with Crippen LogP contribution in [0.5, 0.6) is 0 Å². The van der Waals surface area contributed by atoms with Crippen LogP contribution in [0.25, 0.3) is 0 Å². The molecule has 1 heteroatoms. The highest BCUT2D eigenvalue weighted by Gasteiger charge is 2.33. The molecule has 0 fully saturated rings. The molecule has 1 aliphatic rings. The second kappa shape index (κ2) is 1.63. The zero-order chi connectivity index (χ0) is 6.27. The molecule has 0 saturated carbocycles. The van der Waals surface area contributed by atoms with Crippen LogP contribution in [0.3, 0.4) is 0 Å². The highest BCUT2D eigenvalue weighted by molar-refractivity contribution is 5.49. The molecule has 1 aromatic rings. The van der Waals surface area contributed by atoms with E-state index < -0.39 is 0 Å². The highest BCUT2D eigenvalue weighted by atomic mass is 16.3. The summed E-state index contributed by atoms with van der Waals surface area (Å²) in [6.45, 7) is 2.22. The Morgan fingerprint density at radius 1 is 1.44 bits per heavy atom. The first-order valence-corrected chi connectivity index (χ1v) is 3.49. The third kappa shape index (κ3) is 0.607. The summed E-state index contributed by atoms with van der Waals surface area (Å²) >= 11 is 0. The average Bonchev–Trinajstić information content (AvgIpc) is 2.39. The molecule has 0 N–H and O–H groups in total. The molecular formula is C8H10O. The minimum Gasteiger partial charge on any atom is -0.472 e. The van der Waals surface area contributed by atoms with Crippen LogP contribution >= 0.6 is 0 Å². The molecule has 2 rings (SSSR count). The maximum absolute atomic E-state index is 4.96. The monoisotopic (exact) mass is 122 g/mol. The van der Waals surface area contributed by atoms with Gasteiger partial charge in [0.15, 0.2) is 0 Å². The molecule has 0 aromatic carbocycles. The Bertz CT molecular complexity index is 194. The first-order valence-electron chi connectivity index (χ1n) is 3.49.